The largest absolute Gasteiger partial charge is 0.352 e. The quantitative estimate of drug-likeness (QED) is 0.359. The van der Waals surface area contributed by atoms with E-state index in [1.165, 1.54) is 17.0 Å². The van der Waals surface area contributed by atoms with Gasteiger partial charge in [-0.25, -0.2) is 8.42 Å². The SMILES string of the molecule is CCc1ccccc1N(CC(=O)N(Cc1cccc(Cl)c1)C(C)C(=O)NC(C)C)S(=O)(=O)c1ccccc1. The molecule has 0 radical (unpaired) electrons. The van der Waals surface area contributed by atoms with Crippen LogP contribution in [0.2, 0.25) is 5.02 Å². The number of hydrogen-bond acceptors (Lipinski definition) is 4. The fourth-order valence-corrected chi connectivity index (χ4v) is 5.79. The van der Waals surface area contributed by atoms with Crippen molar-refractivity contribution in [3.8, 4) is 0 Å². The third kappa shape index (κ3) is 7.14. The minimum Gasteiger partial charge on any atom is -0.352 e. The molecule has 0 aliphatic carbocycles. The number of carbonyl (C=O) groups excluding carboxylic acids is 2. The molecule has 0 saturated carbocycles. The van der Waals surface area contributed by atoms with Gasteiger partial charge in [0.25, 0.3) is 10.0 Å². The summed E-state index contributed by atoms with van der Waals surface area (Å²) >= 11 is 6.17. The zero-order valence-corrected chi connectivity index (χ0v) is 23.7. The molecule has 0 aliphatic heterocycles. The fourth-order valence-electron chi connectivity index (χ4n) is 4.11. The van der Waals surface area contributed by atoms with Gasteiger partial charge in [-0.05, 0) is 68.7 Å². The molecule has 3 rings (SSSR count). The average molecular weight is 556 g/mol. The summed E-state index contributed by atoms with van der Waals surface area (Å²) in [4.78, 5) is 28.4. The molecule has 7 nitrogen and oxygen atoms in total. The standard InChI is InChI=1S/C29H34ClN3O4S/c1-5-24-13-9-10-17-27(24)33(38(36,37)26-15-7-6-8-16-26)20-28(34)32(22(4)29(35)31-21(2)3)19-23-12-11-14-25(30)18-23/h6-18,21-22H,5,19-20H2,1-4H3,(H,31,35). The van der Waals surface area contributed by atoms with Crippen LogP contribution in [0.1, 0.15) is 38.8 Å². The van der Waals surface area contributed by atoms with Crippen molar-refractivity contribution in [1.82, 2.24) is 10.2 Å². The van der Waals surface area contributed by atoms with Crippen LogP contribution < -0.4 is 9.62 Å². The summed E-state index contributed by atoms with van der Waals surface area (Å²) in [7, 11) is -4.10. The second-order valence-electron chi connectivity index (χ2n) is 9.30. The zero-order chi connectivity index (χ0) is 27.9. The summed E-state index contributed by atoms with van der Waals surface area (Å²) in [6.07, 6.45) is 0.574. The molecule has 38 heavy (non-hydrogen) atoms. The van der Waals surface area contributed by atoms with Gasteiger partial charge < -0.3 is 10.2 Å². The summed E-state index contributed by atoms with van der Waals surface area (Å²) in [5.41, 5.74) is 1.93. The summed E-state index contributed by atoms with van der Waals surface area (Å²) in [6, 6.07) is 21.2. The van der Waals surface area contributed by atoms with E-state index in [4.69, 9.17) is 11.6 Å². The third-order valence-electron chi connectivity index (χ3n) is 6.09. The van der Waals surface area contributed by atoms with E-state index in [1.54, 1.807) is 55.5 Å². The molecule has 202 valence electrons. The van der Waals surface area contributed by atoms with Crippen molar-refractivity contribution in [3.63, 3.8) is 0 Å². The molecule has 3 aromatic rings. The summed E-state index contributed by atoms with van der Waals surface area (Å²) in [6.45, 7) is 6.84. The molecule has 1 N–H and O–H groups in total. The monoisotopic (exact) mass is 555 g/mol. The highest BCUT2D eigenvalue weighted by atomic mass is 35.5. The van der Waals surface area contributed by atoms with Gasteiger partial charge in [-0.3, -0.25) is 13.9 Å². The number of para-hydroxylation sites is 1. The van der Waals surface area contributed by atoms with E-state index in [2.05, 4.69) is 5.32 Å². The van der Waals surface area contributed by atoms with Gasteiger partial charge in [0.05, 0.1) is 10.6 Å². The number of carbonyl (C=O) groups is 2. The van der Waals surface area contributed by atoms with Gasteiger partial charge in [-0.1, -0.05) is 67.1 Å². The molecule has 0 heterocycles. The number of nitrogens with one attached hydrogen (secondary N) is 1. The van der Waals surface area contributed by atoms with E-state index in [-0.39, 0.29) is 23.4 Å². The number of sulfonamides is 1. The first-order chi connectivity index (χ1) is 18.0. The predicted molar refractivity (Wildman–Crippen MR) is 152 cm³/mol. The normalized spacial score (nSPS) is 12.2. The maximum Gasteiger partial charge on any atom is 0.264 e. The van der Waals surface area contributed by atoms with Crippen molar-refractivity contribution < 1.29 is 18.0 Å². The molecule has 0 aliphatic rings. The van der Waals surface area contributed by atoms with Gasteiger partial charge in [0.1, 0.15) is 12.6 Å². The van der Waals surface area contributed by atoms with Gasteiger partial charge in [0.15, 0.2) is 0 Å². The van der Waals surface area contributed by atoms with E-state index in [9.17, 15) is 18.0 Å². The average Bonchev–Trinajstić information content (AvgIpc) is 2.90. The van der Waals surface area contributed by atoms with Gasteiger partial charge >= 0.3 is 0 Å². The Bertz CT molecular complexity index is 1360. The number of hydrogen-bond donors (Lipinski definition) is 1. The van der Waals surface area contributed by atoms with Crippen LogP contribution in [-0.2, 0) is 32.6 Å². The van der Waals surface area contributed by atoms with Crippen molar-refractivity contribution >= 4 is 39.1 Å². The Kier molecular flexibility index (Phi) is 9.94. The van der Waals surface area contributed by atoms with Crippen LogP contribution in [0.15, 0.2) is 83.8 Å². The zero-order valence-electron chi connectivity index (χ0n) is 22.1. The number of benzene rings is 3. The van der Waals surface area contributed by atoms with E-state index in [0.717, 1.165) is 15.4 Å². The van der Waals surface area contributed by atoms with Gasteiger partial charge in [0, 0.05) is 17.6 Å². The van der Waals surface area contributed by atoms with E-state index >= 15 is 0 Å². The van der Waals surface area contributed by atoms with E-state index < -0.39 is 28.5 Å². The molecule has 0 saturated heterocycles. The first-order valence-electron chi connectivity index (χ1n) is 12.5. The fraction of sp³-hybridized carbons (Fsp3) is 0.310. The lowest BCUT2D eigenvalue weighted by atomic mass is 10.1. The number of nitrogens with zero attached hydrogens (tertiary/aromatic N) is 2. The minimum absolute atomic E-state index is 0.0747. The summed E-state index contributed by atoms with van der Waals surface area (Å²) < 4.78 is 28.9. The molecule has 1 atom stereocenters. The summed E-state index contributed by atoms with van der Waals surface area (Å²) in [5, 5.41) is 3.34. The number of halogens is 1. The Morgan fingerprint density at radius 2 is 1.58 bits per heavy atom. The maximum absolute atomic E-state index is 13.9. The van der Waals surface area contributed by atoms with Crippen LogP contribution in [0.4, 0.5) is 5.69 Å². The Hall–Kier alpha value is -3.36. The number of anilines is 1. The maximum atomic E-state index is 13.9. The van der Waals surface area contributed by atoms with Gasteiger partial charge in [-0.2, -0.15) is 0 Å². The lowest BCUT2D eigenvalue weighted by molar-refractivity contribution is -0.139. The predicted octanol–water partition coefficient (Wildman–Crippen LogP) is 5.04. The van der Waals surface area contributed by atoms with Gasteiger partial charge in [0.2, 0.25) is 11.8 Å². The highest BCUT2D eigenvalue weighted by Crippen LogP contribution is 2.28. The number of rotatable bonds is 11. The molecule has 9 heteroatoms. The topological polar surface area (TPSA) is 86.8 Å². The second-order valence-corrected chi connectivity index (χ2v) is 11.6. The lowest BCUT2D eigenvalue weighted by Crippen LogP contribution is -2.52. The lowest BCUT2D eigenvalue weighted by Gasteiger charge is -2.33. The highest BCUT2D eigenvalue weighted by Gasteiger charge is 2.33. The minimum atomic E-state index is -4.10. The molecule has 0 fully saturated rings. The van der Waals surface area contributed by atoms with Crippen LogP contribution in [0, 0.1) is 0 Å². The smallest absolute Gasteiger partial charge is 0.264 e. The molecule has 1 unspecified atom stereocenters. The Balaban J connectivity index is 2.06. The van der Waals surface area contributed by atoms with Crippen LogP contribution in [0.25, 0.3) is 0 Å². The van der Waals surface area contributed by atoms with Crippen molar-refractivity contribution in [1.29, 1.82) is 0 Å². The Morgan fingerprint density at radius 3 is 2.21 bits per heavy atom. The van der Waals surface area contributed by atoms with Crippen molar-refractivity contribution in [2.24, 2.45) is 0 Å². The molecule has 0 aromatic heterocycles. The van der Waals surface area contributed by atoms with E-state index in [1.807, 2.05) is 39.0 Å². The van der Waals surface area contributed by atoms with Crippen molar-refractivity contribution in [2.75, 3.05) is 10.8 Å². The first-order valence-corrected chi connectivity index (χ1v) is 14.4. The van der Waals surface area contributed by atoms with Crippen LogP contribution in [0.3, 0.4) is 0 Å². The highest BCUT2D eigenvalue weighted by molar-refractivity contribution is 7.92. The Morgan fingerprint density at radius 1 is 0.921 bits per heavy atom. The van der Waals surface area contributed by atoms with Crippen LogP contribution >= 0.6 is 11.6 Å². The van der Waals surface area contributed by atoms with Gasteiger partial charge in [-0.15, -0.1) is 0 Å². The number of aryl methyl sites for hydroxylation is 1. The van der Waals surface area contributed by atoms with Crippen LogP contribution in [-0.4, -0.2) is 43.8 Å². The Labute approximate surface area is 230 Å². The first kappa shape index (κ1) is 29.2. The second kappa shape index (κ2) is 12.9. The van der Waals surface area contributed by atoms with Crippen molar-refractivity contribution in [3.05, 3.63) is 95.0 Å². The molecular weight excluding hydrogens is 522 g/mol. The molecule has 0 spiro atoms. The third-order valence-corrected chi connectivity index (χ3v) is 8.10. The summed E-state index contributed by atoms with van der Waals surface area (Å²) in [5.74, 6) is -0.844. The van der Waals surface area contributed by atoms with Crippen LogP contribution in [0.5, 0.6) is 0 Å². The molecular formula is C29H34ClN3O4S. The molecule has 0 bridgehead atoms. The molecule has 3 aromatic carbocycles. The van der Waals surface area contributed by atoms with Crippen molar-refractivity contribution in [2.45, 2.75) is 57.6 Å². The molecule has 2 amide bonds. The van der Waals surface area contributed by atoms with E-state index in [0.29, 0.717) is 17.1 Å². The number of amides is 2.